The molecule has 0 fully saturated rings. The number of para-hydroxylation sites is 2. The van der Waals surface area contributed by atoms with Crippen molar-refractivity contribution < 1.29 is 4.92 Å². The lowest BCUT2D eigenvalue weighted by atomic mass is 10.1. The van der Waals surface area contributed by atoms with Crippen molar-refractivity contribution in [2.75, 3.05) is 0 Å². The van der Waals surface area contributed by atoms with Gasteiger partial charge in [-0.25, -0.2) is 0 Å². The van der Waals surface area contributed by atoms with Crippen molar-refractivity contribution >= 4 is 38.4 Å². The lowest BCUT2D eigenvalue weighted by Crippen LogP contribution is -2.01. The van der Waals surface area contributed by atoms with E-state index in [-0.39, 0.29) is 10.6 Å². The van der Waals surface area contributed by atoms with Crippen molar-refractivity contribution in [3.05, 3.63) is 124 Å². The van der Waals surface area contributed by atoms with E-state index in [0.29, 0.717) is 0 Å². The first-order valence-corrected chi connectivity index (χ1v) is 10.9. The Kier molecular flexibility index (Phi) is 4.47. The van der Waals surface area contributed by atoms with Gasteiger partial charge in [0, 0.05) is 64.1 Å². The summed E-state index contributed by atoms with van der Waals surface area (Å²) in [5, 5.41) is 14.5. The zero-order chi connectivity index (χ0) is 22.4. The van der Waals surface area contributed by atoms with Gasteiger partial charge >= 0.3 is 0 Å². The molecule has 0 aliphatic carbocycles. The fraction of sp³-hybridized carbons (Fsp3) is 0.0714. The molecule has 0 spiro atoms. The van der Waals surface area contributed by atoms with Gasteiger partial charge in [0.1, 0.15) is 0 Å². The molecule has 0 aliphatic rings. The zero-order valence-electron chi connectivity index (χ0n) is 17.9. The van der Waals surface area contributed by atoms with Gasteiger partial charge in [0.15, 0.2) is 0 Å². The van der Waals surface area contributed by atoms with Gasteiger partial charge in [-0.1, -0.05) is 60.7 Å². The highest BCUT2D eigenvalue weighted by Gasteiger charge is 2.11. The van der Waals surface area contributed by atoms with E-state index in [2.05, 4.69) is 81.9 Å². The lowest BCUT2D eigenvalue weighted by Gasteiger charge is -2.10. The van der Waals surface area contributed by atoms with E-state index in [0.717, 1.165) is 24.0 Å². The highest BCUT2D eigenvalue weighted by atomic mass is 16.6. The van der Waals surface area contributed by atoms with Crippen molar-refractivity contribution in [3.63, 3.8) is 0 Å². The normalized spacial score (nSPS) is 11.5. The molecule has 6 rings (SSSR count). The monoisotopic (exact) mass is 431 g/mol. The lowest BCUT2D eigenvalue weighted by molar-refractivity contribution is -0.384. The quantitative estimate of drug-likeness (QED) is 0.224. The summed E-state index contributed by atoms with van der Waals surface area (Å²) in [6.07, 6.45) is 1.99. The number of hydrogen-bond donors (Lipinski definition) is 0. The Morgan fingerprint density at radius 2 is 1.27 bits per heavy atom. The van der Waals surface area contributed by atoms with Crippen LogP contribution in [0.3, 0.4) is 0 Å². The molecule has 33 heavy (non-hydrogen) atoms. The fourth-order valence-electron chi connectivity index (χ4n) is 4.74. The standard InChI is InChI=1S/C28H21N3O2/c32-31(33)23-13-14-26-22(17-23)15-16-29(26)18-20-9-11-21(12-10-20)19-30-27-7-3-1-5-24(27)25-6-2-4-8-28(25)30/h1-17H,18-19H2. The Hall–Kier alpha value is -4.38. The van der Waals surface area contributed by atoms with Crippen LogP contribution in [0.25, 0.3) is 32.7 Å². The summed E-state index contributed by atoms with van der Waals surface area (Å²) in [6, 6.07) is 32.8. The second-order valence-corrected chi connectivity index (χ2v) is 8.38. The Bertz CT molecular complexity index is 1590. The van der Waals surface area contributed by atoms with Crippen LogP contribution in [-0.2, 0) is 13.1 Å². The number of nitrogens with zero attached hydrogens (tertiary/aromatic N) is 3. The molecule has 160 valence electrons. The van der Waals surface area contributed by atoms with Crippen LogP contribution in [0.2, 0.25) is 0 Å². The van der Waals surface area contributed by atoms with Crippen molar-refractivity contribution in [1.29, 1.82) is 0 Å². The maximum absolute atomic E-state index is 11.0. The van der Waals surface area contributed by atoms with Crippen LogP contribution in [0.4, 0.5) is 5.69 Å². The number of nitro benzene ring substituents is 1. The minimum absolute atomic E-state index is 0.120. The van der Waals surface area contributed by atoms with E-state index < -0.39 is 0 Å². The predicted molar refractivity (Wildman–Crippen MR) is 133 cm³/mol. The first kappa shape index (κ1) is 19.3. The van der Waals surface area contributed by atoms with E-state index >= 15 is 0 Å². The number of hydrogen-bond acceptors (Lipinski definition) is 2. The van der Waals surface area contributed by atoms with Crippen LogP contribution in [0.15, 0.2) is 103 Å². The topological polar surface area (TPSA) is 53.0 Å². The Morgan fingerprint density at radius 3 is 1.91 bits per heavy atom. The molecule has 0 atom stereocenters. The SMILES string of the molecule is O=[N+]([O-])c1ccc2c(ccn2Cc2ccc(Cn3c4ccccc4c4ccccc43)cc2)c1. The summed E-state index contributed by atoms with van der Waals surface area (Å²) in [4.78, 5) is 10.7. The number of non-ortho nitro benzene ring substituents is 1. The average molecular weight is 431 g/mol. The molecule has 2 aromatic heterocycles. The zero-order valence-corrected chi connectivity index (χ0v) is 17.9. The number of fused-ring (bicyclic) bond motifs is 4. The third-order valence-corrected chi connectivity index (χ3v) is 6.36. The Labute approximate surface area is 190 Å². The van der Waals surface area contributed by atoms with E-state index in [1.165, 1.54) is 32.9 Å². The summed E-state index contributed by atoms with van der Waals surface area (Å²) in [5.74, 6) is 0. The number of aromatic nitrogens is 2. The summed E-state index contributed by atoms with van der Waals surface area (Å²) >= 11 is 0. The molecule has 4 aromatic carbocycles. The predicted octanol–water partition coefficient (Wildman–Crippen LogP) is 6.75. The molecule has 0 aliphatic heterocycles. The van der Waals surface area contributed by atoms with Gasteiger partial charge < -0.3 is 9.13 Å². The third kappa shape index (κ3) is 3.34. The highest BCUT2D eigenvalue weighted by molar-refractivity contribution is 6.08. The van der Waals surface area contributed by atoms with Crippen LogP contribution in [0.5, 0.6) is 0 Å². The molecule has 0 saturated heterocycles. The maximum atomic E-state index is 11.0. The van der Waals surface area contributed by atoms with Gasteiger partial charge in [0.25, 0.3) is 5.69 Å². The van der Waals surface area contributed by atoms with Gasteiger partial charge in [-0.3, -0.25) is 10.1 Å². The number of benzene rings is 4. The first-order chi connectivity index (χ1) is 16.2. The van der Waals surface area contributed by atoms with E-state index in [4.69, 9.17) is 0 Å². The molecule has 5 nitrogen and oxygen atoms in total. The molecule has 0 saturated carbocycles. The van der Waals surface area contributed by atoms with Gasteiger partial charge in [-0.2, -0.15) is 0 Å². The second kappa shape index (κ2) is 7.64. The third-order valence-electron chi connectivity index (χ3n) is 6.36. The Balaban J connectivity index is 1.28. The molecule has 2 heterocycles. The molecule has 0 radical (unpaired) electrons. The molecule has 0 N–H and O–H groups in total. The minimum atomic E-state index is -0.354. The summed E-state index contributed by atoms with van der Waals surface area (Å²) < 4.78 is 4.51. The molecular formula is C28H21N3O2. The van der Waals surface area contributed by atoms with Crippen LogP contribution >= 0.6 is 0 Å². The molecule has 0 unspecified atom stereocenters. The molecule has 6 aromatic rings. The smallest absolute Gasteiger partial charge is 0.270 e. The largest absolute Gasteiger partial charge is 0.343 e. The molecular weight excluding hydrogens is 410 g/mol. The summed E-state index contributed by atoms with van der Waals surface area (Å²) in [7, 11) is 0. The number of rotatable bonds is 5. The number of nitro groups is 1. The Morgan fingerprint density at radius 1 is 0.667 bits per heavy atom. The van der Waals surface area contributed by atoms with Crippen molar-refractivity contribution in [3.8, 4) is 0 Å². The summed E-state index contributed by atoms with van der Waals surface area (Å²) in [6.45, 7) is 1.53. The van der Waals surface area contributed by atoms with E-state index in [1.54, 1.807) is 12.1 Å². The second-order valence-electron chi connectivity index (χ2n) is 8.38. The first-order valence-electron chi connectivity index (χ1n) is 10.9. The van der Waals surface area contributed by atoms with Gasteiger partial charge in [-0.05, 0) is 35.4 Å². The van der Waals surface area contributed by atoms with Crippen LogP contribution in [-0.4, -0.2) is 14.1 Å². The average Bonchev–Trinajstić information content (AvgIpc) is 3.39. The van der Waals surface area contributed by atoms with Crippen LogP contribution < -0.4 is 0 Å². The van der Waals surface area contributed by atoms with E-state index in [1.807, 2.05) is 18.3 Å². The van der Waals surface area contributed by atoms with Crippen molar-refractivity contribution in [1.82, 2.24) is 9.13 Å². The van der Waals surface area contributed by atoms with Crippen molar-refractivity contribution in [2.45, 2.75) is 13.1 Å². The molecule has 5 heteroatoms. The van der Waals surface area contributed by atoms with Crippen LogP contribution in [0.1, 0.15) is 11.1 Å². The highest BCUT2D eigenvalue weighted by Crippen LogP contribution is 2.29. The van der Waals surface area contributed by atoms with Gasteiger partial charge in [0.05, 0.1) is 4.92 Å². The van der Waals surface area contributed by atoms with Crippen molar-refractivity contribution in [2.24, 2.45) is 0 Å². The van der Waals surface area contributed by atoms with Gasteiger partial charge in [0.2, 0.25) is 0 Å². The molecule has 0 amide bonds. The molecule has 0 bridgehead atoms. The fourth-order valence-corrected chi connectivity index (χ4v) is 4.74. The van der Waals surface area contributed by atoms with Crippen LogP contribution in [0, 0.1) is 10.1 Å². The maximum Gasteiger partial charge on any atom is 0.270 e. The van der Waals surface area contributed by atoms with E-state index in [9.17, 15) is 10.1 Å². The minimum Gasteiger partial charge on any atom is -0.343 e. The summed E-state index contributed by atoms with van der Waals surface area (Å²) in [5.41, 5.74) is 6.05. The van der Waals surface area contributed by atoms with Gasteiger partial charge in [-0.15, -0.1) is 0 Å².